The molecule has 104 valence electrons. The standard InChI is InChI=1S/C14H27N3O/c1-6-17-13(9-12(2)16-17)10-14(3,4)11-15-7-8-18-5/h9,15H,6-8,10-11H2,1-5H3. The Bertz CT molecular complexity index is 358. The van der Waals surface area contributed by atoms with E-state index in [0.29, 0.717) is 0 Å². The fourth-order valence-electron chi connectivity index (χ4n) is 2.17. The lowest BCUT2D eigenvalue weighted by molar-refractivity contribution is 0.193. The van der Waals surface area contributed by atoms with Gasteiger partial charge in [0.2, 0.25) is 0 Å². The van der Waals surface area contributed by atoms with Crippen LogP contribution < -0.4 is 5.32 Å². The van der Waals surface area contributed by atoms with Crippen LogP contribution in [0.2, 0.25) is 0 Å². The SMILES string of the molecule is CCn1nc(C)cc1CC(C)(C)CNCCOC. The minimum atomic E-state index is 0.229. The molecule has 4 heteroatoms. The van der Waals surface area contributed by atoms with Crippen molar-refractivity contribution in [1.82, 2.24) is 15.1 Å². The summed E-state index contributed by atoms with van der Waals surface area (Å²) in [6.45, 7) is 12.4. The summed E-state index contributed by atoms with van der Waals surface area (Å²) in [5.41, 5.74) is 2.66. The van der Waals surface area contributed by atoms with E-state index in [4.69, 9.17) is 4.74 Å². The zero-order valence-electron chi connectivity index (χ0n) is 12.4. The van der Waals surface area contributed by atoms with Crippen molar-refractivity contribution in [2.24, 2.45) is 5.41 Å². The fourth-order valence-corrected chi connectivity index (χ4v) is 2.17. The average molecular weight is 253 g/mol. The third kappa shape index (κ3) is 4.78. The zero-order valence-corrected chi connectivity index (χ0v) is 12.4. The summed E-state index contributed by atoms with van der Waals surface area (Å²) in [5, 5.41) is 7.94. The van der Waals surface area contributed by atoms with Crippen LogP contribution in [0, 0.1) is 12.3 Å². The molecule has 0 aliphatic heterocycles. The molecular weight excluding hydrogens is 226 g/mol. The molecular formula is C14H27N3O. The molecule has 4 nitrogen and oxygen atoms in total. The monoisotopic (exact) mass is 253 g/mol. The van der Waals surface area contributed by atoms with Gasteiger partial charge in [-0.2, -0.15) is 5.10 Å². The average Bonchev–Trinajstić information content (AvgIpc) is 2.64. The van der Waals surface area contributed by atoms with Gasteiger partial charge in [-0.15, -0.1) is 0 Å². The molecule has 0 radical (unpaired) electrons. The van der Waals surface area contributed by atoms with E-state index >= 15 is 0 Å². The highest BCUT2D eigenvalue weighted by molar-refractivity contribution is 5.11. The zero-order chi connectivity index (χ0) is 13.6. The third-order valence-electron chi connectivity index (χ3n) is 3.03. The van der Waals surface area contributed by atoms with Crippen LogP contribution >= 0.6 is 0 Å². The van der Waals surface area contributed by atoms with Gasteiger partial charge in [-0.25, -0.2) is 0 Å². The number of methoxy groups -OCH3 is 1. The Balaban J connectivity index is 2.52. The Morgan fingerprint density at radius 3 is 2.78 bits per heavy atom. The van der Waals surface area contributed by atoms with Crippen molar-refractivity contribution in [3.8, 4) is 0 Å². The topological polar surface area (TPSA) is 39.1 Å². The van der Waals surface area contributed by atoms with Crippen molar-refractivity contribution >= 4 is 0 Å². The Hall–Kier alpha value is -0.870. The summed E-state index contributed by atoms with van der Waals surface area (Å²) in [7, 11) is 1.73. The Morgan fingerprint density at radius 1 is 1.44 bits per heavy atom. The molecule has 1 N–H and O–H groups in total. The Labute approximate surface area is 111 Å². The number of nitrogens with one attached hydrogen (secondary N) is 1. The predicted molar refractivity (Wildman–Crippen MR) is 74.9 cm³/mol. The van der Waals surface area contributed by atoms with Gasteiger partial charge in [0, 0.05) is 32.4 Å². The maximum Gasteiger partial charge on any atom is 0.0596 e. The van der Waals surface area contributed by atoms with Gasteiger partial charge in [0.1, 0.15) is 0 Å². The van der Waals surface area contributed by atoms with E-state index in [2.05, 4.69) is 48.9 Å². The van der Waals surface area contributed by atoms with Crippen molar-refractivity contribution in [1.29, 1.82) is 0 Å². The fraction of sp³-hybridized carbons (Fsp3) is 0.786. The highest BCUT2D eigenvalue weighted by Crippen LogP contribution is 2.21. The van der Waals surface area contributed by atoms with Gasteiger partial charge < -0.3 is 10.1 Å². The first-order valence-electron chi connectivity index (χ1n) is 6.71. The van der Waals surface area contributed by atoms with E-state index in [1.807, 2.05) is 0 Å². The number of hydrogen-bond acceptors (Lipinski definition) is 3. The molecule has 0 aromatic carbocycles. The van der Waals surface area contributed by atoms with E-state index in [1.54, 1.807) is 7.11 Å². The summed E-state index contributed by atoms with van der Waals surface area (Å²) >= 11 is 0. The van der Waals surface area contributed by atoms with Crippen LogP contribution in [0.4, 0.5) is 0 Å². The smallest absolute Gasteiger partial charge is 0.0596 e. The number of nitrogens with zero attached hydrogens (tertiary/aromatic N) is 2. The minimum absolute atomic E-state index is 0.229. The van der Waals surface area contributed by atoms with E-state index in [1.165, 1.54) is 5.69 Å². The first-order chi connectivity index (χ1) is 8.48. The molecule has 1 aromatic heterocycles. The quantitative estimate of drug-likeness (QED) is 0.720. The highest BCUT2D eigenvalue weighted by Gasteiger charge is 2.20. The Kier molecular flexibility index (Phi) is 5.82. The molecule has 0 aliphatic carbocycles. The van der Waals surface area contributed by atoms with Crippen LogP contribution in [-0.2, 0) is 17.7 Å². The van der Waals surface area contributed by atoms with Crippen LogP contribution in [0.15, 0.2) is 6.07 Å². The molecule has 0 aliphatic rings. The van der Waals surface area contributed by atoms with Gasteiger partial charge in [-0.3, -0.25) is 4.68 Å². The van der Waals surface area contributed by atoms with E-state index in [9.17, 15) is 0 Å². The maximum atomic E-state index is 5.04. The molecule has 1 heterocycles. The summed E-state index contributed by atoms with van der Waals surface area (Å²) < 4.78 is 7.14. The summed E-state index contributed by atoms with van der Waals surface area (Å²) in [6.07, 6.45) is 1.04. The van der Waals surface area contributed by atoms with Crippen LogP contribution in [0.25, 0.3) is 0 Å². The number of hydrogen-bond donors (Lipinski definition) is 1. The third-order valence-corrected chi connectivity index (χ3v) is 3.03. The molecule has 0 saturated heterocycles. The van der Waals surface area contributed by atoms with Crippen molar-refractivity contribution in [2.45, 2.75) is 40.7 Å². The second kappa shape index (κ2) is 6.90. The van der Waals surface area contributed by atoms with E-state index in [-0.39, 0.29) is 5.41 Å². The number of aromatic nitrogens is 2. The van der Waals surface area contributed by atoms with E-state index < -0.39 is 0 Å². The van der Waals surface area contributed by atoms with Crippen LogP contribution in [0.5, 0.6) is 0 Å². The van der Waals surface area contributed by atoms with Gasteiger partial charge in [0.25, 0.3) is 0 Å². The van der Waals surface area contributed by atoms with Gasteiger partial charge in [-0.1, -0.05) is 13.8 Å². The molecule has 1 aromatic rings. The van der Waals surface area contributed by atoms with Crippen molar-refractivity contribution in [3.05, 3.63) is 17.5 Å². The summed E-state index contributed by atoms with van der Waals surface area (Å²) in [6, 6.07) is 2.19. The van der Waals surface area contributed by atoms with Crippen molar-refractivity contribution in [3.63, 3.8) is 0 Å². The number of aryl methyl sites for hydroxylation is 2. The lowest BCUT2D eigenvalue weighted by atomic mass is 9.87. The molecule has 0 amide bonds. The van der Waals surface area contributed by atoms with Gasteiger partial charge in [0.15, 0.2) is 0 Å². The first-order valence-corrected chi connectivity index (χ1v) is 6.71. The summed E-state index contributed by atoms with van der Waals surface area (Å²) in [4.78, 5) is 0. The Morgan fingerprint density at radius 2 is 2.17 bits per heavy atom. The second-order valence-electron chi connectivity index (χ2n) is 5.60. The van der Waals surface area contributed by atoms with Crippen molar-refractivity contribution in [2.75, 3.05) is 26.8 Å². The first kappa shape index (κ1) is 15.2. The van der Waals surface area contributed by atoms with Gasteiger partial charge in [-0.05, 0) is 31.7 Å². The second-order valence-corrected chi connectivity index (χ2v) is 5.60. The molecule has 18 heavy (non-hydrogen) atoms. The van der Waals surface area contributed by atoms with E-state index in [0.717, 1.165) is 38.4 Å². The van der Waals surface area contributed by atoms with Gasteiger partial charge >= 0.3 is 0 Å². The lowest BCUT2D eigenvalue weighted by Crippen LogP contribution is -2.33. The predicted octanol–water partition coefficient (Wildman–Crippen LogP) is 2.02. The molecule has 0 fully saturated rings. The van der Waals surface area contributed by atoms with Gasteiger partial charge in [0.05, 0.1) is 12.3 Å². The normalized spacial score (nSPS) is 12.1. The number of ether oxygens (including phenoxy) is 1. The van der Waals surface area contributed by atoms with Crippen LogP contribution in [0.3, 0.4) is 0 Å². The molecule has 0 bridgehead atoms. The largest absolute Gasteiger partial charge is 0.383 e. The summed E-state index contributed by atoms with van der Waals surface area (Å²) in [5.74, 6) is 0. The highest BCUT2D eigenvalue weighted by atomic mass is 16.5. The van der Waals surface area contributed by atoms with Crippen molar-refractivity contribution < 1.29 is 4.74 Å². The molecule has 0 atom stereocenters. The number of rotatable bonds is 8. The maximum absolute atomic E-state index is 5.04. The lowest BCUT2D eigenvalue weighted by Gasteiger charge is -2.25. The molecule has 0 saturated carbocycles. The molecule has 1 rings (SSSR count). The van der Waals surface area contributed by atoms with Crippen LogP contribution in [-0.4, -0.2) is 36.6 Å². The minimum Gasteiger partial charge on any atom is -0.383 e. The molecule has 0 spiro atoms. The van der Waals surface area contributed by atoms with Crippen LogP contribution in [0.1, 0.15) is 32.2 Å². The molecule has 0 unspecified atom stereocenters.